The summed E-state index contributed by atoms with van der Waals surface area (Å²) >= 11 is 12.2. The number of likely N-dealkylation sites (tertiary alicyclic amines) is 1. The highest BCUT2D eigenvalue weighted by atomic mass is 35.5. The summed E-state index contributed by atoms with van der Waals surface area (Å²) in [6.45, 7) is 5.51. The van der Waals surface area contributed by atoms with Gasteiger partial charge in [0.05, 0.1) is 0 Å². The van der Waals surface area contributed by atoms with Crippen molar-refractivity contribution in [2.75, 3.05) is 26.2 Å². The maximum Gasteiger partial charge on any atom is 0.0465 e. The van der Waals surface area contributed by atoms with Crippen LogP contribution in [0.5, 0.6) is 0 Å². The van der Waals surface area contributed by atoms with Crippen LogP contribution in [-0.2, 0) is 6.54 Å². The van der Waals surface area contributed by atoms with Crippen molar-refractivity contribution in [3.8, 4) is 0 Å². The molecule has 0 aromatic heterocycles. The Hall–Kier alpha value is -0.280. The normalized spacial score (nSPS) is 16.3. The Balaban J connectivity index is 1.65. The zero-order valence-corrected chi connectivity index (χ0v) is 12.1. The molecule has 1 saturated heterocycles. The molecule has 4 heteroatoms. The van der Waals surface area contributed by atoms with E-state index < -0.39 is 0 Å². The van der Waals surface area contributed by atoms with Gasteiger partial charge in [0.25, 0.3) is 0 Å². The fraction of sp³-hybridized carbons (Fsp3) is 0.571. The number of rotatable bonds is 6. The molecule has 1 aliphatic heterocycles. The molecule has 0 bridgehead atoms. The van der Waals surface area contributed by atoms with E-state index >= 15 is 0 Å². The van der Waals surface area contributed by atoms with Crippen molar-refractivity contribution in [3.63, 3.8) is 0 Å². The zero-order chi connectivity index (χ0) is 12.8. The van der Waals surface area contributed by atoms with Crippen LogP contribution >= 0.6 is 23.2 Å². The Morgan fingerprint density at radius 2 is 1.78 bits per heavy atom. The minimum Gasteiger partial charge on any atom is -0.313 e. The van der Waals surface area contributed by atoms with E-state index in [0.29, 0.717) is 0 Å². The molecule has 0 radical (unpaired) electrons. The van der Waals surface area contributed by atoms with Gasteiger partial charge in [-0.05, 0) is 57.6 Å². The lowest BCUT2D eigenvalue weighted by atomic mass is 10.2. The van der Waals surface area contributed by atoms with Crippen molar-refractivity contribution in [2.45, 2.75) is 25.8 Å². The van der Waals surface area contributed by atoms with Gasteiger partial charge in [-0.15, -0.1) is 0 Å². The van der Waals surface area contributed by atoms with Gasteiger partial charge in [-0.1, -0.05) is 29.3 Å². The van der Waals surface area contributed by atoms with Crippen LogP contribution in [0.25, 0.3) is 0 Å². The number of nitrogens with zero attached hydrogens (tertiary/aromatic N) is 1. The first-order valence-corrected chi connectivity index (χ1v) is 7.39. The van der Waals surface area contributed by atoms with Gasteiger partial charge in [0.15, 0.2) is 0 Å². The Labute approximate surface area is 119 Å². The van der Waals surface area contributed by atoms with Crippen LogP contribution in [0.2, 0.25) is 10.0 Å². The molecular weight excluding hydrogens is 267 g/mol. The second-order valence-electron chi connectivity index (χ2n) is 4.78. The highest BCUT2D eigenvalue weighted by Crippen LogP contribution is 2.23. The summed E-state index contributed by atoms with van der Waals surface area (Å²) in [7, 11) is 0. The van der Waals surface area contributed by atoms with E-state index in [1.165, 1.54) is 38.9 Å². The molecule has 0 atom stereocenters. The summed E-state index contributed by atoms with van der Waals surface area (Å²) in [6.07, 6.45) is 3.91. The minimum absolute atomic E-state index is 0.745. The van der Waals surface area contributed by atoms with Crippen LogP contribution in [0.15, 0.2) is 18.2 Å². The Morgan fingerprint density at radius 1 is 1.11 bits per heavy atom. The predicted octanol–water partition coefficient (Wildman–Crippen LogP) is 3.57. The molecule has 1 aromatic carbocycles. The van der Waals surface area contributed by atoms with Crippen LogP contribution in [0, 0.1) is 0 Å². The summed E-state index contributed by atoms with van der Waals surface area (Å²) < 4.78 is 0. The largest absolute Gasteiger partial charge is 0.313 e. The smallest absolute Gasteiger partial charge is 0.0465 e. The number of halogens is 2. The molecule has 2 rings (SSSR count). The predicted molar refractivity (Wildman–Crippen MR) is 78.5 cm³/mol. The molecule has 0 saturated carbocycles. The summed E-state index contributed by atoms with van der Waals surface area (Å²) in [6, 6.07) is 5.64. The quantitative estimate of drug-likeness (QED) is 0.805. The Kier molecular flexibility index (Phi) is 5.77. The van der Waals surface area contributed by atoms with Crippen LogP contribution in [0.1, 0.15) is 24.8 Å². The number of hydrogen-bond donors (Lipinski definition) is 1. The fourth-order valence-corrected chi connectivity index (χ4v) is 2.88. The van der Waals surface area contributed by atoms with Gasteiger partial charge >= 0.3 is 0 Å². The zero-order valence-electron chi connectivity index (χ0n) is 10.6. The first kappa shape index (κ1) is 14.1. The van der Waals surface area contributed by atoms with Crippen molar-refractivity contribution in [3.05, 3.63) is 33.8 Å². The molecule has 1 heterocycles. The third kappa shape index (κ3) is 4.13. The Bertz CT molecular complexity index is 356. The van der Waals surface area contributed by atoms with E-state index in [2.05, 4.69) is 10.2 Å². The molecular formula is C14H20Cl2N2. The SMILES string of the molecule is Clc1cccc(Cl)c1CNCCCN1CCCC1. The highest BCUT2D eigenvalue weighted by Gasteiger charge is 2.10. The van der Waals surface area contributed by atoms with E-state index in [-0.39, 0.29) is 0 Å². The van der Waals surface area contributed by atoms with Gasteiger partial charge in [-0.2, -0.15) is 0 Å². The van der Waals surface area contributed by atoms with Crippen LogP contribution in [0.4, 0.5) is 0 Å². The van der Waals surface area contributed by atoms with Gasteiger partial charge < -0.3 is 10.2 Å². The lowest BCUT2D eigenvalue weighted by Gasteiger charge is -2.14. The lowest BCUT2D eigenvalue weighted by molar-refractivity contribution is 0.331. The second-order valence-corrected chi connectivity index (χ2v) is 5.59. The number of hydrogen-bond acceptors (Lipinski definition) is 2. The molecule has 1 aromatic rings. The van der Waals surface area contributed by atoms with Gasteiger partial charge in [-0.25, -0.2) is 0 Å². The van der Waals surface area contributed by atoms with E-state index in [4.69, 9.17) is 23.2 Å². The molecule has 0 unspecified atom stereocenters. The van der Waals surface area contributed by atoms with Gasteiger partial charge in [0, 0.05) is 22.2 Å². The van der Waals surface area contributed by atoms with Gasteiger partial charge in [-0.3, -0.25) is 0 Å². The minimum atomic E-state index is 0.745. The molecule has 1 N–H and O–H groups in total. The Morgan fingerprint density at radius 3 is 2.44 bits per heavy atom. The molecule has 0 amide bonds. The summed E-state index contributed by atoms with van der Waals surface area (Å²) in [5.41, 5.74) is 1.00. The van der Waals surface area contributed by atoms with Gasteiger partial charge in [0.1, 0.15) is 0 Å². The van der Waals surface area contributed by atoms with Gasteiger partial charge in [0.2, 0.25) is 0 Å². The molecule has 100 valence electrons. The average Bonchev–Trinajstić information content (AvgIpc) is 2.85. The molecule has 1 aliphatic rings. The van der Waals surface area contributed by atoms with Crippen molar-refractivity contribution < 1.29 is 0 Å². The molecule has 18 heavy (non-hydrogen) atoms. The lowest BCUT2D eigenvalue weighted by Crippen LogP contribution is -2.24. The summed E-state index contributed by atoms with van der Waals surface area (Å²) in [5.74, 6) is 0. The molecule has 1 fully saturated rings. The third-order valence-corrected chi connectivity index (χ3v) is 4.10. The fourth-order valence-electron chi connectivity index (χ4n) is 2.35. The standard InChI is InChI=1S/C14H20Cl2N2/c15-13-5-3-6-14(16)12(13)11-17-7-4-10-18-8-1-2-9-18/h3,5-6,17H,1-2,4,7-11H2. The van der Waals surface area contributed by atoms with E-state index in [1.54, 1.807) is 0 Å². The maximum atomic E-state index is 6.11. The molecule has 0 aliphatic carbocycles. The molecule has 2 nitrogen and oxygen atoms in total. The monoisotopic (exact) mass is 286 g/mol. The van der Waals surface area contributed by atoms with E-state index in [0.717, 1.165) is 28.7 Å². The van der Waals surface area contributed by atoms with E-state index in [9.17, 15) is 0 Å². The molecule has 0 spiro atoms. The van der Waals surface area contributed by atoms with Crippen LogP contribution < -0.4 is 5.32 Å². The van der Waals surface area contributed by atoms with Crippen molar-refractivity contribution in [1.82, 2.24) is 10.2 Å². The topological polar surface area (TPSA) is 15.3 Å². The second kappa shape index (κ2) is 7.34. The number of benzene rings is 1. The first-order valence-electron chi connectivity index (χ1n) is 6.63. The van der Waals surface area contributed by atoms with Crippen LogP contribution in [-0.4, -0.2) is 31.1 Å². The maximum absolute atomic E-state index is 6.11. The average molecular weight is 287 g/mol. The third-order valence-electron chi connectivity index (χ3n) is 3.39. The summed E-state index contributed by atoms with van der Waals surface area (Å²) in [4.78, 5) is 2.53. The summed E-state index contributed by atoms with van der Waals surface area (Å²) in [5, 5.41) is 4.90. The van der Waals surface area contributed by atoms with Crippen molar-refractivity contribution in [2.24, 2.45) is 0 Å². The van der Waals surface area contributed by atoms with Crippen LogP contribution in [0.3, 0.4) is 0 Å². The van der Waals surface area contributed by atoms with E-state index in [1.807, 2.05) is 18.2 Å². The first-order chi connectivity index (χ1) is 8.77. The van der Waals surface area contributed by atoms with Crippen molar-refractivity contribution >= 4 is 23.2 Å². The van der Waals surface area contributed by atoms with Crippen molar-refractivity contribution in [1.29, 1.82) is 0 Å². The highest BCUT2D eigenvalue weighted by molar-refractivity contribution is 6.35. The number of nitrogens with one attached hydrogen (secondary N) is 1.